The molecule has 0 aliphatic heterocycles. The predicted octanol–water partition coefficient (Wildman–Crippen LogP) is 1.94. The maximum absolute atomic E-state index is 5.36. The van der Waals surface area contributed by atoms with Gasteiger partial charge in [-0.2, -0.15) is 0 Å². The molecule has 2 nitrogen and oxygen atoms in total. The Morgan fingerprint density at radius 2 is 1.92 bits per heavy atom. The summed E-state index contributed by atoms with van der Waals surface area (Å²) in [5.74, 6) is 5.36. The average Bonchev–Trinajstić information content (AvgIpc) is 2.87. The molecule has 1 fully saturated rings. The van der Waals surface area contributed by atoms with Crippen LogP contribution in [0.2, 0.25) is 0 Å². The molecule has 1 saturated carbocycles. The normalized spacial score (nSPS) is 18.6. The molecule has 1 aliphatic rings. The van der Waals surface area contributed by atoms with E-state index in [1.165, 1.54) is 18.4 Å². The van der Waals surface area contributed by atoms with Gasteiger partial charge in [-0.3, -0.25) is 11.3 Å². The first-order chi connectivity index (χ1) is 6.27. The highest BCUT2D eigenvalue weighted by molar-refractivity contribution is 9.10. The van der Waals surface area contributed by atoms with Crippen LogP contribution < -0.4 is 11.3 Å². The van der Waals surface area contributed by atoms with Crippen molar-refractivity contribution in [2.24, 2.45) is 5.84 Å². The van der Waals surface area contributed by atoms with Crippen molar-refractivity contribution < 1.29 is 0 Å². The first-order valence-corrected chi connectivity index (χ1v) is 5.26. The maximum Gasteiger partial charge on any atom is 0.0195 e. The summed E-state index contributed by atoms with van der Waals surface area (Å²) in [6.45, 7) is 0.884. The number of benzene rings is 1. The van der Waals surface area contributed by atoms with Crippen LogP contribution >= 0.6 is 15.9 Å². The molecule has 0 amide bonds. The van der Waals surface area contributed by atoms with Crippen LogP contribution in [-0.4, -0.2) is 6.54 Å². The zero-order valence-corrected chi connectivity index (χ0v) is 8.97. The molecule has 0 aromatic heterocycles. The van der Waals surface area contributed by atoms with E-state index in [1.807, 2.05) is 0 Å². The van der Waals surface area contributed by atoms with Crippen molar-refractivity contribution in [1.29, 1.82) is 0 Å². The number of hydrogen-bond acceptors (Lipinski definition) is 2. The summed E-state index contributed by atoms with van der Waals surface area (Å²) < 4.78 is 1.13. The lowest BCUT2D eigenvalue weighted by Gasteiger charge is -2.14. The molecule has 13 heavy (non-hydrogen) atoms. The minimum atomic E-state index is 0.329. The lowest BCUT2D eigenvalue weighted by Crippen LogP contribution is -2.32. The summed E-state index contributed by atoms with van der Waals surface area (Å²) >= 11 is 3.43. The molecular weight excluding hydrogens is 228 g/mol. The molecule has 1 aromatic rings. The molecule has 2 rings (SSSR count). The van der Waals surface area contributed by atoms with Crippen LogP contribution in [0.25, 0.3) is 0 Å². The van der Waals surface area contributed by atoms with E-state index in [1.54, 1.807) is 0 Å². The van der Waals surface area contributed by atoms with Gasteiger partial charge in [0.15, 0.2) is 0 Å². The number of nitrogens with one attached hydrogen (secondary N) is 1. The van der Waals surface area contributed by atoms with Crippen LogP contribution in [0.3, 0.4) is 0 Å². The predicted molar refractivity (Wildman–Crippen MR) is 57.2 cm³/mol. The summed E-state index contributed by atoms with van der Waals surface area (Å²) in [5.41, 5.74) is 4.50. The van der Waals surface area contributed by atoms with Crippen molar-refractivity contribution in [2.75, 3.05) is 6.54 Å². The lowest BCUT2D eigenvalue weighted by molar-refractivity contribution is 0.593. The van der Waals surface area contributed by atoms with Gasteiger partial charge in [0.1, 0.15) is 0 Å². The van der Waals surface area contributed by atoms with Crippen LogP contribution in [-0.2, 0) is 5.41 Å². The second-order valence-electron chi connectivity index (χ2n) is 3.67. The van der Waals surface area contributed by atoms with Crippen LogP contribution in [0.5, 0.6) is 0 Å². The average molecular weight is 241 g/mol. The van der Waals surface area contributed by atoms with Crippen molar-refractivity contribution >= 4 is 15.9 Å². The zero-order valence-electron chi connectivity index (χ0n) is 7.39. The number of hydrogen-bond donors (Lipinski definition) is 2. The maximum atomic E-state index is 5.36. The van der Waals surface area contributed by atoms with Gasteiger partial charge in [-0.15, -0.1) is 0 Å². The molecule has 1 aromatic carbocycles. The van der Waals surface area contributed by atoms with E-state index in [-0.39, 0.29) is 0 Å². The van der Waals surface area contributed by atoms with Crippen LogP contribution in [0.4, 0.5) is 0 Å². The van der Waals surface area contributed by atoms with Gasteiger partial charge in [-0.1, -0.05) is 28.1 Å². The molecule has 3 heteroatoms. The van der Waals surface area contributed by atoms with Crippen molar-refractivity contribution in [3.8, 4) is 0 Å². The van der Waals surface area contributed by atoms with Gasteiger partial charge in [0.2, 0.25) is 0 Å². The van der Waals surface area contributed by atoms with E-state index in [4.69, 9.17) is 5.84 Å². The SMILES string of the molecule is NNCC1(c2ccc(Br)cc2)CC1. The summed E-state index contributed by atoms with van der Waals surface area (Å²) in [7, 11) is 0. The molecule has 0 unspecified atom stereocenters. The van der Waals surface area contributed by atoms with Gasteiger partial charge in [0, 0.05) is 16.4 Å². The van der Waals surface area contributed by atoms with Crippen LogP contribution in [0.1, 0.15) is 18.4 Å². The highest BCUT2D eigenvalue weighted by Gasteiger charge is 2.43. The highest BCUT2D eigenvalue weighted by atomic mass is 79.9. The first-order valence-electron chi connectivity index (χ1n) is 4.46. The van der Waals surface area contributed by atoms with E-state index < -0.39 is 0 Å². The van der Waals surface area contributed by atoms with Crippen molar-refractivity contribution in [3.05, 3.63) is 34.3 Å². The molecule has 0 spiro atoms. The molecule has 3 N–H and O–H groups in total. The molecular formula is C10H13BrN2. The Hall–Kier alpha value is -0.380. The van der Waals surface area contributed by atoms with Crippen molar-refractivity contribution in [1.82, 2.24) is 5.43 Å². The van der Waals surface area contributed by atoms with E-state index in [0.717, 1.165) is 11.0 Å². The van der Waals surface area contributed by atoms with Crippen LogP contribution in [0.15, 0.2) is 28.7 Å². The molecule has 1 aliphatic carbocycles. The number of hydrazine groups is 1. The second-order valence-corrected chi connectivity index (χ2v) is 4.58. The second kappa shape index (κ2) is 3.40. The van der Waals surface area contributed by atoms with E-state index in [2.05, 4.69) is 45.6 Å². The minimum absolute atomic E-state index is 0.329. The monoisotopic (exact) mass is 240 g/mol. The van der Waals surface area contributed by atoms with Gasteiger partial charge < -0.3 is 0 Å². The van der Waals surface area contributed by atoms with Crippen molar-refractivity contribution in [3.63, 3.8) is 0 Å². The minimum Gasteiger partial charge on any atom is -0.271 e. The largest absolute Gasteiger partial charge is 0.271 e. The smallest absolute Gasteiger partial charge is 0.0195 e. The highest BCUT2D eigenvalue weighted by Crippen LogP contribution is 2.47. The standard InChI is InChI=1S/C10H13BrN2/c11-9-3-1-8(2-4-9)10(5-6-10)7-13-12/h1-4,13H,5-7,12H2. The molecule has 0 radical (unpaired) electrons. The fourth-order valence-electron chi connectivity index (χ4n) is 1.72. The summed E-state index contributed by atoms with van der Waals surface area (Å²) in [5, 5.41) is 0. The molecule has 70 valence electrons. The third kappa shape index (κ3) is 1.77. The summed E-state index contributed by atoms with van der Waals surface area (Å²) in [4.78, 5) is 0. The quantitative estimate of drug-likeness (QED) is 0.627. The Morgan fingerprint density at radius 1 is 1.31 bits per heavy atom. The fraction of sp³-hybridized carbons (Fsp3) is 0.400. The molecule has 0 atom stereocenters. The summed E-state index contributed by atoms with van der Waals surface area (Å²) in [6.07, 6.45) is 2.50. The van der Waals surface area contributed by atoms with Gasteiger partial charge >= 0.3 is 0 Å². The Kier molecular flexibility index (Phi) is 2.41. The zero-order chi connectivity index (χ0) is 9.31. The van der Waals surface area contributed by atoms with E-state index >= 15 is 0 Å². The van der Waals surface area contributed by atoms with Gasteiger partial charge in [0.25, 0.3) is 0 Å². The molecule has 0 saturated heterocycles. The van der Waals surface area contributed by atoms with E-state index in [0.29, 0.717) is 5.41 Å². The van der Waals surface area contributed by atoms with Crippen molar-refractivity contribution in [2.45, 2.75) is 18.3 Å². The third-order valence-corrected chi connectivity index (χ3v) is 3.28. The van der Waals surface area contributed by atoms with Gasteiger partial charge in [-0.25, -0.2) is 0 Å². The lowest BCUT2D eigenvalue weighted by atomic mass is 9.96. The Balaban J connectivity index is 2.20. The van der Waals surface area contributed by atoms with Crippen LogP contribution in [0, 0.1) is 0 Å². The van der Waals surface area contributed by atoms with E-state index in [9.17, 15) is 0 Å². The van der Waals surface area contributed by atoms with Gasteiger partial charge in [-0.05, 0) is 30.5 Å². The number of halogens is 1. The van der Waals surface area contributed by atoms with Gasteiger partial charge in [0.05, 0.1) is 0 Å². The number of rotatable bonds is 3. The first kappa shape index (κ1) is 9.19. The summed E-state index contributed by atoms with van der Waals surface area (Å²) in [6, 6.07) is 8.53. The Labute approximate surface area is 86.6 Å². The fourth-order valence-corrected chi connectivity index (χ4v) is 1.98. The number of nitrogens with two attached hydrogens (primary N) is 1. The third-order valence-electron chi connectivity index (χ3n) is 2.75. The topological polar surface area (TPSA) is 38.0 Å². The Morgan fingerprint density at radius 3 is 2.38 bits per heavy atom. The Bertz CT molecular complexity index is 290. The molecule has 0 bridgehead atoms. The molecule has 0 heterocycles.